The molecule has 4 nitrogen and oxygen atoms in total. The normalized spacial score (nSPS) is 10.1. The zero-order chi connectivity index (χ0) is 14.6. The van der Waals surface area contributed by atoms with Crippen molar-refractivity contribution in [3.05, 3.63) is 29.8 Å². The molecule has 1 aromatic carbocycles. The van der Waals surface area contributed by atoms with Crippen LogP contribution in [0.2, 0.25) is 0 Å². The van der Waals surface area contributed by atoms with Gasteiger partial charge < -0.3 is 10.1 Å². The summed E-state index contributed by atoms with van der Waals surface area (Å²) in [5.74, 6) is 0.0623. The van der Waals surface area contributed by atoms with Crippen molar-refractivity contribution in [3.63, 3.8) is 0 Å². The quantitative estimate of drug-likeness (QED) is 0.667. The number of anilines is 1. The van der Waals surface area contributed by atoms with Gasteiger partial charge in [0.1, 0.15) is 0 Å². The summed E-state index contributed by atoms with van der Waals surface area (Å²) in [5.41, 5.74) is 2.10. The van der Waals surface area contributed by atoms with Crippen LogP contribution in [-0.4, -0.2) is 19.0 Å². The zero-order valence-corrected chi connectivity index (χ0v) is 12.0. The minimum atomic E-state index is 0.0623. The number of hydrogen-bond donors (Lipinski definition) is 1. The first-order valence-electron chi connectivity index (χ1n) is 7.14. The highest BCUT2D eigenvalue weighted by atomic mass is 16.5. The molecule has 0 fully saturated rings. The Balaban J connectivity index is 2.24. The lowest BCUT2D eigenvalue weighted by Crippen LogP contribution is -2.10. The Kier molecular flexibility index (Phi) is 8.11. The third-order valence-corrected chi connectivity index (χ3v) is 2.99. The van der Waals surface area contributed by atoms with Gasteiger partial charge in [-0.25, -0.2) is 4.79 Å². The van der Waals surface area contributed by atoms with Crippen LogP contribution < -0.4 is 5.32 Å². The molecule has 1 radical (unpaired) electrons. The van der Waals surface area contributed by atoms with Gasteiger partial charge in [0.05, 0.1) is 6.61 Å². The lowest BCUT2D eigenvalue weighted by atomic mass is 10.1. The van der Waals surface area contributed by atoms with Crippen molar-refractivity contribution < 1.29 is 14.3 Å². The molecule has 4 heteroatoms. The van der Waals surface area contributed by atoms with Crippen molar-refractivity contribution in [2.45, 2.75) is 45.4 Å². The molecule has 0 unspecified atom stereocenters. The van der Waals surface area contributed by atoms with E-state index in [9.17, 15) is 9.59 Å². The van der Waals surface area contributed by atoms with Crippen LogP contribution in [0, 0.1) is 0 Å². The van der Waals surface area contributed by atoms with Gasteiger partial charge in [-0.05, 0) is 49.8 Å². The molecular weight excluding hydrogens is 254 g/mol. The van der Waals surface area contributed by atoms with Gasteiger partial charge in [0, 0.05) is 12.1 Å². The third kappa shape index (κ3) is 6.92. The standard InChI is InChI=1S/C16H22NO3/c1-2-6-16(19)17-15-10-8-14(9-11-15)7-4-3-5-12-20-13-18/h8-11H,2-7,12H2,1H3,(H,17,19). The summed E-state index contributed by atoms with van der Waals surface area (Å²) >= 11 is 0. The summed E-state index contributed by atoms with van der Waals surface area (Å²) in [5, 5.41) is 2.87. The molecule has 0 aliphatic heterocycles. The van der Waals surface area contributed by atoms with Crippen LogP contribution in [0.15, 0.2) is 24.3 Å². The number of hydrogen-bond acceptors (Lipinski definition) is 3. The second-order valence-corrected chi connectivity index (χ2v) is 4.74. The maximum atomic E-state index is 11.4. The Bertz CT molecular complexity index is 401. The van der Waals surface area contributed by atoms with Gasteiger partial charge in [-0.2, -0.15) is 0 Å². The fraction of sp³-hybridized carbons (Fsp3) is 0.500. The Morgan fingerprint density at radius 1 is 1.20 bits per heavy atom. The summed E-state index contributed by atoms with van der Waals surface area (Å²) in [4.78, 5) is 21.3. The third-order valence-electron chi connectivity index (χ3n) is 2.99. The number of ether oxygens (including phenoxy) is 1. The molecule has 1 aromatic rings. The maximum Gasteiger partial charge on any atom is 0.417 e. The van der Waals surface area contributed by atoms with E-state index < -0.39 is 0 Å². The van der Waals surface area contributed by atoms with Crippen LogP contribution in [0.1, 0.15) is 44.6 Å². The van der Waals surface area contributed by atoms with E-state index in [1.165, 1.54) is 12.0 Å². The molecule has 0 atom stereocenters. The lowest BCUT2D eigenvalue weighted by molar-refractivity contribution is -0.116. The molecule has 1 N–H and O–H groups in total. The summed E-state index contributed by atoms with van der Waals surface area (Å²) in [7, 11) is 0. The second kappa shape index (κ2) is 10.0. The lowest BCUT2D eigenvalue weighted by Gasteiger charge is -2.06. The maximum absolute atomic E-state index is 11.4. The first-order chi connectivity index (χ1) is 9.76. The summed E-state index contributed by atoms with van der Waals surface area (Å²) in [6, 6.07) is 7.95. The Morgan fingerprint density at radius 3 is 2.60 bits per heavy atom. The molecule has 109 valence electrons. The number of amides is 1. The highest BCUT2D eigenvalue weighted by molar-refractivity contribution is 5.90. The molecule has 1 amide bonds. The van der Waals surface area contributed by atoms with E-state index in [2.05, 4.69) is 10.1 Å². The smallest absolute Gasteiger partial charge is 0.417 e. The molecule has 1 rings (SSSR count). The summed E-state index contributed by atoms with van der Waals surface area (Å²) in [6.07, 6.45) is 5.37. The van der Waals surface area contributed by atoms with Gasteiger partial charge in [-0.3, -0.25) is 4.79 Å². The predicted octanol–water partition coefficient (Wildman–Crippen LogP) is 3.22. The highest BCUT2D eigenvalue weighted by Gasteiger charge is 2.00. The van der Waals surface area contributed by atoms with Gasteiger partial charge in [-0.15, -0.1) is 0 Å². The van der Waals surface area contributed by atoms with Crippen LogP contribution in [0.4, 0.5) is 5.69 Å². The largest absolute Gasteiger partial charge is 0.457 e. The number of carbonyl (C=O) groups excluding carboxylic acids is 2. The highest BCUT2D eigenvalue weighted by Crippen LogP contribution is 2.12. The number of benzene rings is 1. The van der Waals surface area contributed by atoms with E-state index in [4.69, 9.17) is 0 Å². The average Bonchev–Trinajstić information content (AvgIpc) is 2.45. The van der Waals surface area contributed by atoms with Crippen molar-refractivity contribution in [1.29, 1.82) is 0 Å². The minimum Gasteiger partial charge on any atom is -0.457 e. The monoisotopic (exact) mass is 276 g/mol. The predicted molar refractivity (Wildman–Crippen MR) is 79.2 cm³/mol. The fourth-order valence-corrected chi connectivity index (χ4v) is 1.93. The molecule has 0 saturated carbocycles. The molecule has 0 bridgehead atoms. The van der Waals surface area contributed by atoms with Gasteiger partial charge >= 0.3 is 6.47 Å². The molecule has 0 aliphatic rings. The molecular formula is C16H22NO3. The SMILES string of the molecule is CCCC(=O)Nc1ccc(CCCCCO[C]=O)cc1. The number of unbranched alkanes of at least 4 members (excludes halogenated alkanes) is 2. The van der Waals surface area contributed by atoms with E-state index in [0.717, 1.165) is 37.8 Å². The van der Waals surface area contributed by atoms with E-state index >= 15 is 0 Å². The van der Waals surface area contributed by atoms with Crippen molar-refractivity contribution in [2.75, 3.05) is 11.9 Å². The van der Waals surface area contributed by atoms with E-state index in [1.54, 1.807) is 0 Å². The minimum absolute atomic E-state index is 0.0623. The van der Waals surface area contributed by atoms with Crippen LogP contribution in [0.3, 0.4) is 0 Å². The van der Waals surface area contributed by atoms with E-state index in [1.807, 2.05) is 31.2 Å². The summed E-state index contributed by atoms with van der Waals surface area (Å²) < 4.78 is 4.51. The van der Waals surface area contributed by atoms with Crippen LogP contribution in [-0.2, 0) is 20.7 Å². The van der Waals surface area contributed by atoms with Gasteiger partial charge in [0.25, 0.3) is 0 Å². The van der Waals surface area contributed by atoms with Crippen molar-refractivity contribution in [3.8, 4) is 0 Å². The summed E-state index contributed by atoms with van der Waals surface area (Å²) in [6.45, 7) is 3.86. The molecule has 20 heavy (non-hydrogen) atoms. The van der Waals surface area contributed by atoms with E-state index in [-0.39, 0.29) is 5.91 Å². The van der Waals surface area contributed by atoms with Gasteiger partial charge in [-0.1, -0.05) is 19.1 Å². The molecule has 0 aromatic heterocycles. The zero-order valence-electron chi connectivity index (χ0n) is 12.0. The number of carbonyl (C=O) groups is 1. The van der Waals surface area contributed by atoms with Crippen LogP contribution in [0.5, 0.6) is 0 Å². The molecule has 0 heterocycles. The first-order valence-corrected chi connectivity index (χ1v) is 7.14. The first kappa shape index (κ1) is 16.2. The topological polar surface area (TPSA) is 55.4 Å². The fourth-order valence-electron chi connectivity index (χ4n) is 1.93. The molecule has 0 spiro atoms. The van der Waals surface area contributed by atoms with Crippen molar-refractivity contribution in [1.82, 2.24) is 0 Å². The Hall–Kier alpha value is -1.84. The van der Waals surface area contributed by atoms with Gasteiger partial charge in [0.2, 0.25) is 5.91 Å². The molecule has 0 saturated heterocycles. The molecule has 0 aliphatic carbocycles. The van der Waals surface area contributed by atoms with Crippen molar-refractivity contribution >= 4 is 18.1 Å². The van der Waals surface area contributed by atoms with Crippen LogP contribution in [0.25, 0.3) is 0 Å². The van der Waals surface area contributed by atoms with Gasteiger partial charge in [0.15, 0.2) is 0 Å². The number of nitrogens with one attached hydrogen (secondary N) is 1. The van der Waals surface area contributed by atoms with Crippen molar-refractivity contribution in [2.24, 2.45) is 0 Å². The second-order valence-electron chi connectivity index (χ2n) is 4.74. The van der Waals surface area contributed by atoms with E-state index in [0.29, 0.717) is 13.0 Å². The number of aryl methyl sites for hydroxylation is 1. The Labute approximate surface area is 120 Å². The average molecular weight is 276 g/mol. The van der Waals surface area contributed by atoms with Crippen LogP contribution >= 0.6 is 0 Å². The number of rotatable bonds is 10. The Morgan fingerprint density at radius 2 is 1.95 bits per heavy atom.